The molecule has 0 saturated carbocycles. The number of carbonyl (C=O) groups is 2. The molecule has 0 bridgehead atoms. The summed E-state index contributed by atoms with van der Waals surface area (Å²) in [4.78, 5) is 23.6. The normalized spacial score (nSPS) is 10.2. The molecule has 3 aromatic rings. The first-order chi connectivity index (χ1) is 14.6. The first-order valence-electron chi connectivity index (χ1n) is 9.30. The number of esters is 2. The number of carbonyl (C=O) groups excluding carboxylic acids is 2. The van der Waals surface area contributed by atoms with Gasteiger partial charge >= 0.3 is 11.9 Å². The summed E-state index contributed by atoms with van der Waals surface area (Å²) < 4.78 is 21.1. The molecule has 6 nitrogen and oxygen atoms in total. The van der Waals surface area contributed by atoms with E-state index < -0.39 is 11.9 Å². The van der Waals surface area contributed by atoms with E-state index in [2.05, 4.69) is 0 Å². The van der Waals surface area contributed by atoms with Gasteiger partial charge in [-0.3, -0.25) is 0 Å². The van der Waals surface area contributed by atoms with Crippen LogP contribution in [0.2, 0.25) is 0 Å². The smallest absolute Gasteiger partial charge is 0.341 e. The highest BCUT2D eigenvalue weighted by atomic mass is 16.5. The number of para-hydroxylation sites is 2. The van der Waals surface area contributed by atoms with Crippen LogP contribution < -0.4 is 9.47 Å². The van der Waals surface area contributed by atoms with Gasteiger partial charge in [-0.1, -0.05) is 48.5 Å². The van der Waals surface area contributed by atoms with Crippen molar-refractivity contribution in [3.05, 3.63) is 95.1 Å². The van der Waals surface area contributed by atoms with Crippen molar-refractivity contribution in [3.63, 3.8) is 0 Å². The highest BCUT2D eigenvalue weighted by molar-refractivity contribution is 5.92. The van der Waals surface area contributed by atoms with E-state index in [9.17, 15) is 9.59 Å². The van der Waals surface area contributed by atoms with Crippen LogP contribution >= 0.6 is 0 Å². The Labute approximate surface area is 175 Å². The van der Waals surface area contributed by atoms with Crippen molar-refractivity contribution < 1.29 is 28.5 Å². The second-order valence-corrected chi connectivity index (χ2v) is 6.37. The van der Waals surface area contributed by atoms with Crippen LogP contribution in [0, 0.1) is 0 Å². The molecular weight excluding hydrogens is 384 g/mol. The lowest BCUT2D eigenvalue weighted by molar-refractivity contribution is 0.0586. The van der Waals surface area contributed by atoms with Gasteiger partial charge in [0.15, 0.2) is 0 Å². The molecule has 0 aliphatic heterocycles. The van der Waals surface area contributed by atoms with E-state index >= 15 is 0 Å². The maximum Gasteiger partial charge on any atom is 0.341 e. The zero-order chi connectivity index (χ0) is 21.3. The summed E-state index contributed by atoms with van der Waals surface area (Å²) >= 11 is 0. The predicted molar refractivity (Wildman–Crippen MR) is 111 cm³/mol. The summed E-state index contributed by atoms with van der Waals surface area (Å²) in [5.74, 6) is 0.0584. The predicted octanol–water partition coefficient (Wildman–Crippen LogP) is 4.42. The third-order valence-corrected chi connectivity index (χ3v) is 4.40. The van der Waals surface area contributed by atoms with Gasteiger partial charge in [0.1, 0.15) is 35.8 Å². The minimum Gasteiger partial charge on any atom is -0.488 e. The number of ether oxygens (including phenoxy) is 4. The quantitative estimate of drug-likeness (QED) is 0.516. The van der Waals surface area contributed by atoms with Gasteiger partial charge < -0.3 is 18.9 Å². The molecule has 6 heteroatoms. The molecule has 0 spiro atoms. The number of methoxy groups -OCH3 is 2. The van der Waals surface area contributed by atoms with Gasteiger partial charge in [0, 0.05) is 0 Å². The molecular formula is C24H22O6. The maximum absolute atomic E-state index is 11.8. The van der Waals surface area contributed by atoms with Gasteiger partial charge in [-0.05, 0) is 35.4 Å². The fourth-order valence-corrected chi connectivity index (χ4v) is 2.80. The first kappa shape index (κ1) is 20.9. The Bertz CT molecular complexity index is 928. The molecule has 0 N–H and O–H groups in total. The molecule has 0 aromatic heterocycles. The Hall–Kier alpha value is -3.80. The van der Waals surface area contributed by atoms with Crippen molar-refractivity contribution >= 4 is 11.9 Å². The van der Waals surface area contributed by atoms with Crippen molar-refractivity contribution in [1.82, 2.24) is 0 Å². The molecule has 3 rings (SSSR count). The second-order valence-electron chi connectivity index (χ2n) is 6.37. The molecule has 0 radical (unpaired) electrons. The third-order valence-electron chi connectivity index (χ3n) is 4.40. The monoisotopic (exact) mass is 406 g/mol. The van der Waals surface area contributed by atoms with Crippen molar-refractivity contribution in [1.29, 1.82) is 0 Å². The molecule has 0 heterocycles. The fourth-order valence-electron chi connectivity index (χ4n) is 2.80. The number of hydrogen-bond acceptors (Lipinski definition) is 6. The minimum absolute atomic E-state index is 0.306. The lowest BCUT2D eigenvalue weighted by Crippen LogP contribution is -2.06. The lowest BCUT2D eigenvalue weighted by atomic mass is 10.1. The zero-order valence-corrected chi connectivity index (χ0v) is 16.8. The summed E-state index contributed by atoms with van der Waals surface area (Å²) in [5.41, 5.74) is 2.64. The Morgan fingerprint density at radius 2 is 0.967 bits per heavy atom. The maximum atomic E-state index is 11.8. The van der Waals surface area contributed by atoms with Crippen LogP contribution in [-0.2, 0) is 22.7 Å². The van der Waals surface area contributed by atoms with E-state index in [0.29, 0.717) is 35.8 Å². The summed E-state index contributed by atoms with van der Waals surface area (Å²) in [7, 11) is 2.67. The second kappa shape index (κ2) is 10.1. The SMILES string of the molecule is COC(=O)c1ccccc1OCc1ccc(COc2ccccc2C(=O)OC)cc1. The molecule has 0 atom stereocenters. The molecule has 0 amide bonds. The average molecular weight is 406 g/mol. The van der Waals surface area contributed by atoms with Gasteiger partial charge in [-0.25, -0.2) is 9.59 Å². The Kier molecular flexibility index (Phi) is 7.05. The van der Waals surface area contributed by atoms with Crippen LogP contribution in [0.25, 0.3) is 0 Å². The third kappa shape index (κ3) is 5.17. The van der Waals surface area contributed by atoms with Crippen molar-refractivity contribution in [2.24, 2.45) is 0 Å². The van der Waals surface area contributed by atoms with Gasteiger partial charge in [-0.2, -0.15) is 0 Å². The van der Waals surface area contributed by atoms with Crippen LogP contribution in [0.4, 0.5) is 0 Å². The van der Waals surface area contributed by atoms with E-state index in [1.807, 2.05) is 24.3 Å². The topological polar surface area (TPSA) is 71.1 Å². The first-order valence-corrected chi connectivity index (χ1v) is 9.30. The van der Waals surface area contributed by atoms with E-state index in [0.717, 1.165) is 11.1 Å². The van der Waals surface area contributed by atoms with Gasteiger partial charge in [-0.15, -0.1) is 0 Å². The lowest BCUT2D eigenvalue weighted by Gasteiger charge is -2.12. The van der Waals surface area contributed by atoms with Crippen LogP contribution in [0.3, 0.4) is 0 Å². The summed E-state index contributed by atoms with van der Waals surface area (Å²) in [6.07, 6.45) is 0. The van der Waals surface area contributed by atoms with E-state index in [-0.39, 0.29) is 0 Å². The Morgan fingerprint density at radius 3 is 1.33 bits per heavy atom. The molecule has 30 heavy (non-hydrogen) atoms. The number of hydrogen-bond donors (Lipinski definition) is 0. The molecule has 3 aromatic carbocycles. The van der Waals surface area contributed by atoms with E-state index in [1.54, 1.807) is 48.5 Å². The summed E-state index contributed by atoms with van der Waals surface area (Å²) in [5, 5.41) is 0. The van der Waals surface area contributed by atoms with Crippen molar-refractivity contribution in [2.45, 2.75) is 13.2 Å². The minimum atomic E-state index is -0.440. The van der Waals surface area contributed by atoms with Crippen LogP contribution in [-0.4, -0.2) is 26.2 Å². The van der Waals surface area contributed by atoms with Crippen molar-refractivity contribution in [3.8, 4) is 11.5 Å². The summed E-state index contributed by atoms with van der Waals surface area (Å²) in [6, 6.07) is 21.6. The van der Waals surface area contributed by atoms with Gasteiger partial charge in [0.05, 0.1) is 14.2 Å². The highest BCUT2D eigenvalue weighted by Gasteiger charge is 2.13. The molecule has 0 aliphatic carbocycles. The Balaban J connectivity index is 1.60. The molecule has 0 fully saturated rings. The Morgan fingerprint density at radius 1 is 0.600 bits per heavy atom. The zero-order valence-electron chi connectivity index (χ0n) is 16.8. The van der Waals surface area contributed by atoms with Gasteiger partial charge in [0.2, 0.25) is 0 Å². The van der Waals surface area contributed by atoms with E-state index in [4.69, 9.17) is 18.9 Å². The molecule has 0 unspecified atom stereocenters. The number of rotatable bonds is 8. The molecule has 0 saturated heterocycles. The molecule has 154 valence electrons. The number of benzene rings is 3. The van der Waals surface area contributed by atoms with E-state index in [1.165, 1.54) is 14.2 Å². The molecule has 0 aliphatic rings. The van der Waals surface area contributed by atoms with Crippen molar-refractivity contribution in [2.75, 3.05) is 14.2 Å². The van der Waals surface area contributed by atoms with Crippen LogP contribution in [0.15, 0.2) is 72.8 Å². The average Bonchev–Trinajstić information content (AvgIpc) is 2.81. The standard InChI is InChI=1S/C24H22O6/c1-27-23(25)19-7-3-5-9-21(19)29-15-17-11-13-18(14-12-17)16-30-22-10-6-4-8-20(22)24(26)28-2/h3-14H,15-16H2,1-2H3. The fraction of sp³-hybridized carbons (Fsp3) is 0.167. The van der Waals surface area contributed by atoms with Crippen LogP contribution in [0.1, 0.15) is 31.8 Å². The largest absolute Gasteiger partial charge is 0.488 e. The van der Waals surface area contributed by atoms with Gasteiger partial charge in [0.25, 0.3) is 0 Å². The van der Waals surface area contributed by atoms with Crippen LogP contribution in [0.5, 0.6) is 11.5 Å². The summed E-state index contributed by atoms with van der Waals surface area (Å²) in [6.45, 7) is 0.612. The highest BCUT2D eigenvalue weighted by Crippen LogP contribution is 2.22.